The summed E-state index contributed by atoms with van der Waals surface area (Å²) in [4.78, 5) is 52.5. The van der Waals surface area contributed by atoms with E-state index in [1.165, 1.54) is 50.4 Å². The number of carbonyl (C=O) groups excluding carboxylic acids is 4. The SMILES string of the molecule is CCC(=O)Oc1c(OC)cc(C[NH+]2CC3CC(OC(=O)/C=C/C(=O)OC4CC5CC(C4)[NH+](Cc4cc(OC)c(OC(=O)CC)c(OC)c4)C5)CC2C3)cc1OC.[Br-].[Br-]. The average Bonchev–Trinajstić information content (AvgIpc) is 3.64. The van der Waals surface area contributed by atoms with E-state index in [0.717, 1.165) is 75.8 Å². The van der Waals surface area contributed by atoms with Gasteiger partial charge in [0.05, 0.1) is 53.6 Å². The number of hydrogen-bond donors (Lipinski definition) is 2. The second-order valence-corrected chi connectivity index (χ2v) is 15.4. The number of carbonyl (C=O) groups is 4. The number of benzene rings is 2. The van der Waals surface area contributed by atoms with Crippen molar-refractivity contribution in [1.29, 1.82) is 0 Å². The highest BCUT2D eigenvalue weighted by molar-refractivity contribution is 5.91. The molecular weight excluding hydrogens is 884 g/mol. The van der Waals surface area contributed by atoms with Crippen molar-refractivity contribution in [2.24, 2.45) is 11.8 Å². The standard InChI is InChI=1S/C42H54N2O12.2BrH/c1-7-37(45)55-41-33(49-3)15-27(16-34(41)50-4)23-43-21-25-11-29(43)19-31(13-25)53-39(47)9-10-40(48)54-32-14-26-12-30(20-32)44(22-26)24-28-17-35(51-5)42(36(18-28)52-6)56-38(46)8-2;;/h9-10,15-18,25-26,29-32H,7-8,11-14,19-24H2,1-6H3;2*1H/b10-9+;;. The third-order valence-electron chi connectivity index (χ3n) is 11.6. The molecule has 58 heavy (non-hydrogen) atoms. The van der Waals surface area contributed by atoms with Crippen molar-refractivity contribution in [1.82, 2.24) is 0 Å². The van der Waals surface area contributed by atoms with Crippen LogP contribution in [0.5, 0.6) is 34.5 Å². The molecule has 2 saturated heterocycles. The van der Waals surface area contributed by atoms with Crippen LogP contribution < -0.4 is 72.2 Å². The molecule has 8 atom stereocenters. The monoisotopic (exact) mass is 938 g/mol. The first-order valence-electron chi connectivity index (χ1n) is 19.7. The molecule has 4 bridgehead atoms. The van der Waals surface area contributed by atoms with Gasteiger partial charge in [0.1, 0.15) is 25.3 Å². The van der Waals surface area contributed by atoms with Crippen LogP contribution in [0.15, 0.2) is 36.4 Å². The fraction of sp³-hybridized carbons (Fsp3) is 0.571. The fourth-order valence-electron chi connectivity index (χ4n) is 9.17. The van der Waals surface area contributed by atoms with Crippen molar-refractivity contribution in [2.45, 2.75) is 103 Å². The highest BCUT2D eigenvalue weighted by Crippen LogP contribution is 2.40. The summed E-state index contributed by atoms with van der Waals surface area (Å²) < 4.78 is 44.9. The Morgan fingerprint density at radius 3 is 1.22 bits per heavy atom. The summed E-state index contributed by atoms with van der Waals surface area (Å²) in [6, 6.07) is 8.17. The quantitative estimate of drug-likeness (QED) is 0.0982. The number of ether oxygens (including phenoxy) is 8. The van der Waals surface area contributed by atoms with Gasteiger partial charge in [0.25, 0.3) is 0 Å². The summed E-state index contributed by atoms with van der Waals surface area (Å²) in [5.74, 6) is 1.34. The van der Waals surface area contributed by atoms with Crippen molar-refractivity contribution in [2.75, 3.05) is 41.5 Å². The fourth-order valence-corrected chi connectivity index (χ4v) is 9.17. The number of likely N-dealkylation sites (tertiary alicyclic amines) is 2. The Kier molecular flexibility index (Phi) is 17.3. The average molecular weight is 941 g/mol. The molecule has 2 aliphatic carbocycles. The molecule has 6 rings (SSSR count). The first-order valence-corrected chi connectivity index (χ1v) is 19.7. The number of halogens is 2. The van der Waals surface area contributed by atoms with Gasteiger partial charge < -0.3 is 81.7 Å². The molecule has 0 radical (unpaired) electrons. The van der Waals surface area contributed by atoms with Gasteiger partial charge in [-0.05, 0) is 37.1 Å². The molecule has 2 aromatic rings. The summed E-state index contributed by atoms with van der Waals surface area (Å²) in [6.07, 6.45) is 7.52. The lowest BCUT2D eigenvalue weighted by molar-refractivity contribution is -0.926. The van der Waals surface area contributed by atoms with Gasteiger partial charge in [-0.25, -0.2) is 9.59 Å². The Bertz CT molecular complexity index is 1630. The van der Waals surface area contributed by atoms with Gasteiger partial charge >= 0.3 is 23.9 Å². The van der Waals surface area contributed by atoms with Crippen molar-refractivity contribution in [3.05, 3.63) is 47.5 Å². The van der Waals surface area contributed by atoms with E-state index in [0.29, 0.717) is 46.9 Å². The lowest BCUT2D eigenvalue weighted by atomic mass is 9.88. The number of rotatable bonds is 16. The first kappa shape index (κ1) is 46.8. The molecule has 2 N–H and O–H groups in total. The third-order valence-corrected chi connectivity index (χ3v) is 11.6. The molecule has 320 valence electrons. The van der Waals surface area contributed by atoms with Crippen LogP contribution in [0.25, 0.3) is 0 Å². The van der Waals surface area contributed by atoms with E-state index in [1.54, 1.807) is 13.8 Å². The highest BCUT2D eigenvalue weighted by atomic mass is 79.9. The molecule has 2 heterocycles. The molecule has 2 aliphatic heterocycles. The van der Waals surface area contributed by atoms with Gasteiger partial charge in [0, 0.05) is 73.6 Å². The number of nitrogens with one attached hydrogen (secondary N) is 2. The highest BCUT2D eigenvalue weighted by Gasteiger charge is 2.45. The van der Waals surface area contributed by atoms with E-state index in [-0.39, 0.29) is 82.5 Å². The van der Waals surface area contributed by atoms with Crippen LogP contribution in [0.4, 0.5) is 0 Å². The van der Waals surface area contributed by atoms with E-state index in [4.69, 9.17) is 37.9 Å². The van der Waals surface area contributed by atoms with Crippen LogP contribution in [-0.4, -0.2) is 89.7 Å². The minimum Gasteiger partial charge on any atom is -1.00 e. The maximum atomic E-state index is 12.9. The van der Waals surface area contributed by atoms with Gasteiger partial charge in [-0.2, -0.15) is 0 Å². The number of esters is 4. The van der Waals surface area contributed by atoms with Gasteiger partial charge in [0.15, 0.2) is 23.0 Å². The summed E-state index contributed by atoms with van der Waals surface area (Å²) in [7, 11) is 6.15. The maximum Gasteiger partial charge on any atom is 0.331 e. The molecule has 4 fully saturated rings. The minimum absolute atomic E-state index is 0. The third kappa shape index (κ3) is 11.4. The van der Waals surface area contributed by atoms with Crippen LogP contribution in [0.2, 0.25) is 0 Å². The molecule has 4 aliphatic rings. The zero-order valence-corrected chi connectivity index (χ0v) is 37.2. The first-order chi connectivity index (χ1) is 27.0. The Morgan fingerprint density at radius 2 is 0.914 bits per heavy atom. The second-order valence-electron chi connectivity index (χ2n) is 15.4. The summed E-state index contributed by atoms with van der Waals surface area (Å²) in [5, 5.41) is 0. The van der Waals surface area contributed by atoms with Crippen molar-refractivity contribution >= 4 is 23.9 Å². The van der Waals surface area contributed by atoms with Crippen LogP contribution in [0, 0.1) is 11.8 Å². The normalized spacial score (nSPS) is 25.4. The zero-order valence-electron chi connectivity index (χ0n) is 34.1. The Balaban J connectivity index is 0.00000372. The molecule has 0 aromatic heterocycles. The van der Waals surface area contributed by atoms with E-state index in [1.807, 2.05) is 24.3 Å². The molecule has 8 unspecified atom stereocenters. The molecule has 0 spiro atoms. The molecule has 2 aromatic carbocycles. The zero-order chi connectivity index (χ0) is 39.9. The second kappa shape index (κ2) is 21.4. The molecular formula is C42H56Br2N2O12. The van der Waals surface area contributed by atoms with Gasteiger partial charge in [0.2, 0.25) is 11.5 Å². The van der Waals surface area contributed by atoms with Crippen LogP contribution in [0.3, 0.4) is 0 Å². The van der Waals surface area contributed by atoms with Crippen molar-refractivity contribution in [3.63, 3.8) is 0 Å². The Hall–Kier alpha value is -3.86. The van der Waals surface area contributed by atoms with Crippen LogP contribution in [0.1, 0.15) is 76.3 Å². The van der Waals surface area contributed by atoms with Gasteiger partial charge in [-0.1, -0.05) is 13.8 Å². The lowest BCUT2D eigenvalue weighted by Crippen LogP contribution is -3.12. The molecule has 14 nitrogen and oxygen atoms in total. The smallest absolute Gasteiger partial charge is 0.331 e. The summed E-state index contributed by atoms with van der Waals surface area (Å²) in [5.41, 5.74) is 1.99. The summed E-state index contributed by atoms with van der Waals surface area (Å²) >= 11 is 0. The molecule has 16 heteroatoms. The Morgan fingerprint density at radius 1 is 0.569 bits per heavy atom. The summed E-state index contributed by atoms with van der Waals surface area (Å²) in [6.45, 7) is 6.80. The molecule has 2 saturated carbocycles. The van der Waals surface area contributed by atoms with Gasteiger partial charge in [-0.15, -0.1) is 0 Å². The number of quaternary nitrogens is 2. The van der Waals surface area contributed by atoms with E-state index in [2.05, 4.69) is 0 Å². The van der Waals surface area contributed by atoms with Crippen molar-refractivity contribution in [3.8, 4) is 34.5 Å². The maximum absolute atomic E-state index is 12.9. The van der Waals surface area contributed by atoms with E-state index in [9.17, 15) is 19.2 Å². The van der Waals surface area contributed by atoms with E-state index >= 15 is 0 Å². The number of fused-ring (bicyclic) bond motifs is 4. The van der Waals surface area contributed by atoms with Crippen LogP contribution >= 0.6 is 0 Å². The predicted molar refractivity (Wildman–Crippen MR) is 201 cm³/mol. The molecule has 0 amide bonds. The minimum atomic E-state index is -0.540. The van der Waals surface area contributed by atoms with Gasteiger partial charge in [-0.3, -0.25) is 9.59 Å². The largest absolute Gasteiger partial charge is 1.00 e. The Labute approximate surface area is 361 Å². The van der Waals surface area contributed by atoms with Crippen LogP contribution in [-0.2, 0) is 41.7 Å². The topological polar surface area (TPSA) is 151 Å². The predicted octanol–water partition coefficient (Wildman–Crippen LogP) is -3.43. The lowest BCUT2D eigenvalue weighted by Gasteiger charge is -2.27. The van der Waals surface area contributed by atoms with E-state index < -0.39 is 11.9 Å². The van der Waals surface area contributed by atoms with Crippen molar-refractivity contribution < 1.29 is 101 Å². The number of hydrogen-bond acceptors (Lipinski definition) is 12. The number of methoxy groups -OCH3 is 4.